The summed E-state index contributed by atoms with van der Waals surface area (Å²) in [6, 6.07) is 4.25. The number of hydrogen-bond acceptors (Lipinski definition) is 7. The highest BCUT2D eigenvalue weighted by Crippen LogP contribution is 2.35. The standard InChI is InChI=1S/C12H14N4O3S/c1-3-9(13)12-15-14-11(20-12)8-5-4-7(16(17)18)6-10(8)19-2/h4-6,9H,3,13H2,1-2H3. The zero-order valence-corrected chi connectivity index (χ0v) is 11.9. The highest BCUT2D eigenvalue weighted by molar-refractivity contribution is 7.14. The van der Waals surface area contributed by atoms with Crippen LogP contribution >= 0.6 is 11.3 Å². The minimum absolute atomic E-state index is 0.0272. The molecule has 0 aliphatic carbocycles. The fourth-order valence-electron chi connectivity index (χ4n) is 1.64. The van der Waals surface area contributed by atoms with Crippen molar-refractivity contribution in [2.75, 3.05) is 7.11 Å². The molecule has 0 spiro atoms. The van der Waals surface area contributed by atoms with Gasteiger partial charge in [0.25, 0.3) is 5.69 Å². The maximum absolute atomic E-state index is 10.8. The third-order valence-electron chi connectivity index (χ3n) is 2.82. The quantitative estimate of drug-likeness (QED) is 0.671. The maximum Gasteiger partial charge on any atom is 0.273 e. The van der Waals surface area contributed by atoms with Crippen LogP contribution in [0.2, 0.25) is 0 Å². The Bertz CT molecular complexity index is 629. The Labute approximate surface area is 119 Å². The van der Waals surface area contributed by atoms with Gasteiger partial charge in [-0.05, 0) is 12.5 Å². The van der Waals surface area contributed by atoms with E-state index in [1.165, 1.54) is 30.6 Å². The van der Waals surface area contributed by atoms with E-state index in [9.17, 15) is 10.1 Å². The lowest BCUT2D eigenvalue weighted by molar-refractivity contribution is -0.384. The first kappa shape index (κ1) is 14.4. The first-order valence-corrected chi connectivity index (χ1v) is 6.80. The van der Waals surface area contributed by atoms with Crippen LogP contribution in [0.4, 0.5) is 5.69 Å². The number of ether oxygens (including phenoxy) is 1. The molecule has 0 amide bonds. The van der Waals surface area contributed by atoms with E-state index in [4.69, 9.17) is 10.5 Å². The van der Waals surface area contributed by atoms with Crippen LogP contribution in [0.3, 0.4) is 0 Å². The van der Waals surface area contributed by atoms with Crippen LogP contribution in [0.1, 0.15) is 24.4 Å². The van der Waals surface area contributed by atoms with Gasteiger partial charge in [-0.25, -0.2) is 0 Å². The number of aromatic nitrogens is 2. The average Bonchev–Trinajstić information content (AvgIpc) is 2.95. The molecule has 0 saturated heterocycles. The number of nitro groups is 1. The molecule has 1 aromatic heterocycles. The molecule has 2 N–H and O–H groups in total. The van der Waals surface area contributed by atoms with Crippen molar-refractivity contribution in [3.63, 3.8) is 0 Å². The van der Waals surface area contributed by atoms with Crippen LogP contribution in [-0.2, 0) is 0 Å². The molecule has 2 rings (SSSR count). The van der Waals surface area contributed by atoms with Gasteiger partial charge in [-0.2, -0.15) is 0 Å². The monoisotopic (exact) mass is 294 g/mol. The molecule has 0 aliphatic rings. The topological polar surface area (TPSA) is 104 Å². The molecular weight excluding hydrogens is 280 g/mol. The molecule has 0 aliphatic heterocycles. The lowest BCUT2D eigenvalue weighted by atomic mass is 10.2. The summed E-state index contributed by atoms with van der Waals surface area (Å²) < 4.78 is 5.19. The van der Waals surface area contributed by atoms with E-state index in [1.54, 1.807) is 6.07 Å². The summed E-state index contributed by atoms with van der Waals surface area (Å²) in [5, 5.41) is 20.3. The van der Waals surface area contributed by atoms with E-state index in [1.807, 2.05) is 6.92 Å². The van der Waals surface area contributed by atoms with E-state index in [-0.39, 0.29) is 11.7 Å². The third-order valence-corrected chi connectivity index (χ3v) is 3.91. The van der Waals surface area contributed by atoms with Gasteiger partial charge in [0.05, 0.1) is 29.7 Å². The fraction of sp³-hybridized carbons (Fsp3) is 0.333. The van der Waals surface area contributed by atoms with E-state index in [0.29, 0.717) is 16.3 Å². The molecule has 0 radical (unpaired) electrons. The van der Waals surface area contributed by atoms with Gasteiger partial charge in [0.2, 0.25) is 0 Å². The first-order valence-electron chi connectivity index (χ1n) is 5.98. The Kier molecular flexibility index (Phi) is 4.26. The summed E-state index contributed by atoms with van der Waals surface area (Å²) in [6.45, 7) is 1.97. The van der Waals surface area contributed by atoms with Crippen LogP contribution < -0.4 is 10.5 Å². The molecule has 1 atom stereocenters. The summed E-state index contributed by atoms with van der Waals surface area (Å²) in [4.78, 5) is 10.3. The Morgan fingerprint density at radius 1 is 1.50 bits per heavy atom. The van der Waals surface area contributed by atoms with Crippen LogP contribution in [0.15, 0.2) is 18.2 Å². The predicted octanol–water partition coefficient (Wildman–Crippen LogP) is 2.53. The summed E-state index contributed by atoms with van der Waals surface area (Å²) in [5.74, 6) is 0.395. The van der Waals surface area contributed by atoms with Gasteiger partial charge in [-0.1, -0.05) is 18.3 Å². The molecule has 1 aromatic carbocycles. The van der Waals surface area contributed by atoms with Gasteiger partial charge in [0, 0.05) is 6.07 Å². The fourth-order valence-corrected chi connectivity index (χ4v) is 2.60. The smallest absolute Gasteiger partial charge is 0.273 e. The van der Waals surface area contributed by atoms with Gasteiger partial charge in [-0.15, -0.1) is 10.2 Å². The van der Waals surface area contributed by atoms with E-state index in [2.05, 4.69) is 10.2 Å². The number of benzene rings is 1. The number of methoxy groups -OCH3 is 1. The van der Waals surface area contributed by atoms with Crippen molar-refractivity contribution in [1.29, 1.82) is 0 Å². The van der Waals surface area contributed by atoms with Crippen molar-refractivity contribution in [1.82, 2.24) is 10.2 Å². The van der Waals surface area contributed by atoms with Crippen LogP contribution in [0.5, 0.6) is 5.75 Å². The third kappa shape index (κ3) is 2.75. The molecule has 20 heavy (non-hydrogen) atoms. The van der Waals surface area contributed by atoms with Crippen molar-refractivity contribution in [2.24, 2.45) is 5.73 Å². The van der Waals surface area contributed by atoms with Crippen molar-refractivity contribution < 1.29 is 9.66 Å². The Hall–Kier alpha value is -2.06. The van der Waals surface area contributed by atoms with Crippen molar-refractivity contribution >= 4 is 17.0 Å². The van der Waals surface area contributed by atoms with Gasteiger partial charge < -0.3 is 10.5 Å². The molecule has 1 unspecified atom stereocenters. The predicted molar refractivity (Wildman–Crippen MR) is 75.8 cm³/mol. The molecule has 0 fully saturated rings. The normalized spacial score (nSPS) is 12.2. The molecule has 8 heteroatoms. The van der Waals surface area contributed by atoms with Crippen LogP contribution in [-0.4, -0.2) is 22.2 Å². The SMILES string of the molecule is CCC(N)c1nnc(-c2ccc([N+](=O)[O-])cc2OC)s1. The Morgan fingerprint density at radius 2 is 2.25 bits per heavy atom. The van der Waals surface area contributed by atoms with Crippen molar-refractivity contribution in [2.45, 2.75) is 19.4 Å². The highest BCUT2D eigenvalue weighted by Gasteiger charge is 2.17. The maximum atomic E-state index is 10.8. The van der Waals surface area contributed by atoms with Crippen LogP contribution in [0.25, 0.3) is 10.6 Å². The lowest BCUT2D eigenvalue weighted by Gasteiger charge is -2.05. The molecule has 7 nitrogen and oxygen atoms in total. The molecule has 0 saturated carbocycles. The molecule has 1 heterocycles. The van der Waals surface area contributed by atoms with Crippen LogP contribution in [0, 0.1) is 10.1 Å². The molecule has 106 valence electrons. The second-order valence-corrected chi connectivity index (χ2v) is 5.11. The number of nitrogens with two attached hydrogens (primary N) is 1. The van der Waals surface area contributed by atoms with Gasteiger partial charge >= 0.3 is 0 Å². The van der Waals surface area contributed by atoms with Gasteiger partial charge in [0.1, 0.15) is 10.8 Å². The van der Waals surface area contributed by atoms with E-state index >= 15 is 0 Å². The Morgan fingerprint density at radius 3 is 2.85 bits per heavy atom. The Balaban J connectivity index is 2.41. The van der Waals surface area contributed by atoms with E-state index in [0.717, 1.165) is 11.4 Å². The highest BCUT2D eigenvalue weighted by atomic mass is 32.1. The largest absolute Gasteiger partial charge is 0.496 e. The molecular formula is C12H14N4O3S. The van der Waals surface area contributed by atoms with Gasteiger partial charge in [0.15, 0.2) is 5.01 Å². The summed E-state index contributed by atoms with van der Waals surface area (Å²) in [5.41, 5.74) is 6.55. The second kappa shape index (κ2) is 5.93. The van der Waals surface area contributed by atoms with Gasteiger partial charge in [-0.3, -0.25) is 10.1 Å². The van der Waals surface area contributed by atoms with Crippen molar-refractivity contribution in [3.8, 4) is 16.3 Å². The summed E-state index contributed by atoms with van der Waals surface area (Å²) >= 11 is 1.37. The zero-order chi connectivity index (χ0) is 14.7. The van der Waals surface area contributed by atoms with Crippen molar-refractivity contribution in [3.05, 3.63) is 33.3 Å². The van der Waals surface area contributed by atoms with E-state index < -0.39 is 4.92 Å². The lowest BCUT2D eigenvalue weighted by Crippen LogP contribution is -2.07. The number of rotatable bonds is 5. The number of nitrogens with zero attached hydrogens (tertiary/aromatic N) is 3. The summed E-state index contributed by atoms with van der Waals surface area (Å²) in [7, 11) is 1.46. The zero-order valence-electron chi connectivity index (χ0n) is 11.1. The first-order chi connectivity index (χ1) is 9.56. The number of hydrogen-bond donors (Lipinski definition) is 1. The minimum Gasteiger partial charge on any atom is -0.496 e. The second-order valence-electron chi connectivity index (χ2n) is 4.10. The summed E-state index contributed by atoms with van der Waals surface area (Å²) in [6.07, 6.45) is 0.770. The molecule has 2 aromatic rings. The number of non-ortho nitro benzene ring substituents is 1. The average molecular weight is 294 g/mol. The minimum atomic E-state index is -0.467. The molecule has 0 bridgehead atoms. The number of nitro benzene ring substituents is 1.